The Kier molecular flexibility index (Phi) is 8.35. The molecule has 4 fully saturated rings. The van der Waals surface area contributed by atoms with Gasteiger partial charge in [0.05, 0.1) is 6.61 Å². The van der Waals surface area contributed by atoms with Crippen LogP contribution in [-0.4, -0.2) is 91.1 Å². The van der Waals surface area contributed by atoms with E-state index in [9.17, 15) is 19.5 Å². The molecule has 4 aromatic rings. The van der Waals surface area contributed by atoms with Crippen LogP contribution < -0.4 is 19.9 Å². The van der Waals surface area contributed by atoms with E-state index >= 15 is 0 Å². The zero-order valence-electron chi connectivity index (χ0n) is 31.0. The summed E-state index contributed by atoms with van der Waals surface area (Å²) in [6, 6.07) is 30.8. The number of benzene rings is 4. The van der Waals surface area contributed by atoms with E-state index in [0.717, 1.165) is 61.8 Å². The Morgan fingerprint density at radius 2 is 1.55 bits per heavy atom. The Morgan fingerprint density at radius 1 is 0.782 bits per heavy atom. The van der Waals surface area contributed by atoms with Crippen molar-refractivity contribution in [3.63, 3.8) is 0 Å². The number of amides is 3. The second-order valence-corrected chi connectivity index (χ2v) is 16.8. The van der Waals surface area contributed by atoms with Crippen molar-refractivity contribution < 1.29 is 24.2 Å². The normalized spacial score (nSPS) is 24.8. The van der Waals surface area contributed by atoms with Crippen LogP contribution in [0.4, 0.5) is 11.4 Å². The second-order valence-electron chi connectivity index (χ2n) is 16.8. The summed E-state index contributed by atoms with van der Waals surface area (Å²) in [6.45, 7) is 8.68. The summed E-state index contributed by atoms with van der Waals surface area (Å²) in [7, 11) is 0. The standard InChI is InChI=1S/C45H47N5O5/c51-35-11-13-37-40(21-35)55-24-38(30-4-2-1-3-5-30)42(37)31-6-8-33(9-7-31)48-18-16-29(17-19-48)22-47-25-45(26-47)27-49(28-45)34-10-12-36-32(20-34)23-50(44(36)54)39-14-15-41(52)46-43(39)53/h1-13,20-21,29,38-39,42,51H,14-19,22-28H2,(H,46,52,53)/t38-,39?,42-/m1/s1. The minimum Gasteiger partial charge on any atom is -0.508 e. The number of ether oxygens (including phenoxy) is 1. The highest BCUT2D eigenvalue weighted by molar-refractivity contribution is 6.05. The summed E-state index contributed by atoms with van der Waals surface area (Å²) in [5.41, 5.74) is 8.09. The highest BCUT2D eigenvalue weighted by Crippen LogP contribution is 2.48. The van der Waals surface area contributed by atoms with E-state index in [1.807, 2.05) is 18.2 Å². The number of piperidine rings is 2. The third kappa shape index (κ3) is 6.20. The van der Waals surface area contributed by atoms with Gasteiger partial charge in [-0.2, -0.15) is 0 Å². The maximum Gasteiger partial charge on any atom is 0.255 e. The first-order valence-electron chi connectivity index (χ1n) is 19.9. The number of phenolic OH excluding ortho intramolecular Hbond substituents is 1. The van der Waals surface area contributed by atoms with Crippen molar-refractivity contribution in [2.75, 3.05) is 62.2 Å². The van der Waals surface area contributed by atoms with Crippen LogP contribution in [0.1, 0.15) is 70.1 Å². The first-order chi connectivity index (χ1) is 26.8. The first kappa shape index (κ1) is 34.2. The van der Waals surface area contributed by atoms with Gasteiger partial charge in [-0.1, -0.05) is 48.5 Å². The molecule has 6 aliphatic heterocycles. The molecule has 3 atom stereocenters. The molecule has 10 heteroatoms. The van der Waals surface area contributed by atoms with Gasteiger partial charge in [0.15, 0.2) is 0 Å². The fourth-order valence-electron chi connectivity index (χ4n) is 10.4. The molecule has 3 amide bonds. The fourth-order valence-corrected chi connectivity index (χ4v) is 10.4. The van der Waals surface area contributed by atoms with Crippen LogP contribution in [0, 0.1) is 11.3 Å². The smallest absolute Gasteiger partial charge is 0.255 e. The number of rotatable bonds is 7. The van der Waals surface area contributed by atoms with Crippen LogP contribution in [0.3, 0.4) is 0 Å². The number of carbonyl (C=O) groups is 3. The number of phenols is 1. The van der Waals surface area contributed by atoms with Crippen LogP contribution in [-0.2, 0) is 16.1 Å². The molecule has 10 rings (SSSR count). The maximum atomic E-state index is 13.1. The molecule has 0 aliphatic carbocycles. The summed E-state index contributed by atoms with van der Waals surface area (Å²) in [5.74, 6) is 1.29. The van der Waals surface area contributed by atoms with E-state index in [2.05, 4.69) is 80.7 Å². The quantitative estimate of drug-likeness (QED) is 0.240. The zero-order chi connectivity index (χ0) is 37.3. The molecule has 2 N–H and O–H groups in total. The summed E-state index contributed by atoms with van der Waals surface area (Å²) in [4.78, 5) is 46.4. The summed E-state index contributed by atoms with van der Waals surface area (Å²) in [6.07, 6.45) is 3.05. The van der Waals surface area contributed by atoms with Gasteiger partial charge in [-0.25, -0.2) is 0 Å². The van der Waals surface area contributed by atoms with Crippen LogP contribution in [0.5, 0.6) is 11.5 Å². The molecule has 1 unspecified atom stereocenters. The number of aromatic hydroxyl groups is 1. The monoisotopic (exact) mass is 737 g/mol. The number of carbonyl (C=O) groups excluding carboxylic acids is 3. The molecule has 6 aliphatic rings. The lowest BCUT2D eigenvalue weighted by Crippen LogP contribution is -2.72. The van der Waals surface area contributed by atoms with E-state index in [0.29, 0.717) is 36.5 Å². The highest BCUT2D eigenvalue weighted by atomic mass is 16.5. The van der Waals surface area contributed by atoms with Gasteiger partial charge >= 0.3 is 0 Å². The van der Waals surface area contributed by atoms with E-state index in [1.54, 1.807) is 17.0 Å². The number of nitrogens with one attached hydrogen (secondary N) is 1. The molecule has 55 heavy (non-hydrogen) atoms. The number of nitrogens with zero attached hydrogens (tertiary/aromatic N) is 4. The van der Waals surface area contributed by atoms with Gasteiger partial charge < -0.3 is 29.4 Å². The number of hydrogen-bond acceptors (Lipinski definition) is 8. The van der Waals surface area contributed by atoms with Crippen LogP contribution in [0.15, 0.2) is 91.0 Å². The summed E-state index contributed by atoms with van der Waals surface area (Å²) < 4.78 is 6.17. The predicted octanol–water partition coefficient (Wildman–Crippen LogP) is 5.50. The SMILES string of the molecule is O=C1CCC(N2Cc3cc(N4CC5(CN(CC6CCN(c7ccc([C@@H]8c9ccc(O)cc9OC[C@@H]8c8ccccc8)cc7)CC6)C5)C4)ccc3C2=O)C(=O)N1. The van der Waals surface area contributed by atoms with Crippen LogP contribution in [0.2, 0.25) is 0 Å². The molecule has 282 valence electrons. The molecular weight excluding hydrogens is 691 g/mol. The van der Waals surface area contributed by atoms with Crippen molar-refractivity contribution >= 4 is 29.1 Å². The highest BCUT2D eigenvalue weighted by Gasteiger charge is 2.52. The van der Waals surface area contributed by atoms with Gasteiger partial charge in [0.1, 0.15) is 17.5 Å². The average molecular weight is 738 g/mol. The zero-order valence-corrected chi connectivity index (χ0v) is 31.0. The summed E-state index contributed by atoms with van der Waals surface area (Å²) >= 11 is 0. The Bertz CT molecular complexity index is 2130. The molecule has 1 spiro atoms. The van der Waals surface area contributed by atoms with E-state index in [-0.39, 0.29) is 41.7 Å². The van der Waals surface area contributed by atoms with Crippen molar-refractivity contribution in [3.8, 4) is 11.5 Å². The summed E-state index contributed by atoms with van der Waals surface area (Å²) in [5, 5.41) is 12.5. The minimum absolute atomic E-state index is 0.119. The number of likely N-dealkylation sites (tertiary alicyclic amines) is 1. The number of anilines is 2. The van der Waals surface area contributed by atoms with Crippen LogP contribution in [0.25, 0.3) is 0 Å². The lowest BCUT2D eigenvalue weighted by atomic mass is 9.72. The molecule has 0 radical (unpaired) electrons. The Balaban J connectivity index is 0.712. The van der Waals surface area contributed by atoms with E-state index in [1.165, 1.54) is 36.2 Å². The Hall–Kier alpha value is -5.35. The van der Waals surface area contributed by atoms with Crippen molar-refractivity contribution in [2.24, 2.45) is 11.3 Å². The van der Waals surface area contributed by atoms with Crippen LogP contribution >= 0.6 is 0 Å². The largest absolute Gasteiger partial charge is 0.508 e. The maximum absolute atomic E-state index is 13.1. The van der Waals surface area contributed by atoms with Crippen molar-refractivity contribution in [1.82, 2.24) is 15.1 Å². The van der Waals surface area contributed by atoms with Gasteiger partial charge in [-0.3, -0.25) is 19.7 Å². The Labute approximate surface area is 321 Å². The lowest BCUT2D eigenvalue weighted by Gasteiger charge is -2.61. The second kappa shape index (κ2) is 13.4. The lowest BCUT2D eigenvalue weighted by molar-refractivity contribution is -0.136. The number of imide groups is 1. The minimum atomic E-state index is -0.582. The third-order valence-electron chi connectivity index (χ3n) is 13.2. The van der Waals surface area contributed by atoms with Crippen molar-refractivity contribution in [3.05, 3.63) is 119 Å². The number of fused-ring (bicyclic) bond motifs is 2. The van der Waals surface area contributed by atoms with Gasteiger partial charge in [-0.05, 0) is 78.3 Å². The predicted molar refractivity (Wildman–Crippen MR) is 210 cm³/mol. The van der Waals surface area contributed by atoms with Crippen molar-refractivity contribution in [2.45, 2.75) is 50.1 Å². The molecule has 6 heterocycles. The molecule has 0 aromatic heterocycles. The average Bonchev–Trinajstić information content (AvgIpc) is 3.50. The topological polar surface area (TPSA) is 106 Å². The molecular formula is C45H47N5O5. The molecule has 0 bridgehead atoms. The van der Waals surface area contributed by atoms with Crippen molar-refractivity contribution in [1.29, 1.82) is 0 Å². The molecule has 0 saturated carbocycles. The molecule has 4 aromatic carbocycles. The van der Waals surface area contributed by atoms with Gasteiger partial charge in [0.25, 0.3) is 5.91 Å². The number of hydrogen-bond donors (Lipinski definition) is 2. The van der Waals surface area contributed by atoms with E-state index < -0.39 is 6.04 Å². The first-order valence-corrected chi connectivity index (χ1v) is 19.9. The third-order valence-corrected chi connectivity index (χ3v) is 13.2. The van der Waals surface area contributed by atoms with Gasteiger partial charge in [0.2, 0.25) is 11.8 Å². The van der Waals surface area contributed by atoms with Gasteiger partial charge in [-0.15, -0.1) is 0 Å². The van der Waals surface area contributed by atoms with Gasteiger partial charge in [0, 0.05) is 105 Å². The Morgan fingerprint density at radius 3 is 2.31 bits per heavy atom. The fraction of sp³-hybridized carbons (Fsp3) is 0.400. The molecule has 4 saturated heterocycles. The van der Waals surface area contributed by atoms with E-state index in [4.69, 9.17) is 4.74 Å². The molecule has 10 nitrogen and oxygen atoms in total.